The van der Waals surface area contributed by atoms with E-state index in [1.54, 1.807) is 0 Å². The molecular weight excluding hydrogens is 196 g/mol. The van der Waals surface area contributed by atoms with Crippen LogP contribution in [-0.2, 0) is 0 Å². The molecule has 0 saturated heterocycles. The summed E-state index contributed by atoms with van der Waals surface area (Å²) in [7, 11) is 0. The van der Waals surface area contributed by atoms with Crippen LogP contribution in [0.2, 0.25) is 0 Å². The van der Waals surface area contributed by atoms with Crippen molar-refractivity contribution in [3.8, 4) is 0 Å². The van der Waals surface area contributed by atoms with E-state index in [1.165, 1.54) is 25.7 Å². The Morgan fingerprint density at radius 3 is 2.19 bits per heavy atom. The molecule has 96 valence electrons. The molecule has 1 aliphatic carbocycles. The van der Waals surface area contributed by atoms with Crippen molar-refractivity contribution < 1.29 is 5.11 Å². The lowest BCUT2D eigenvalue weighted by atomic mass is 9.73. The Balaban J connectivity index is 2.32. The highest BCUT2D eigenvalue weighted by Gasteiger charge is 2.33. The van der Waals surface area contributed by atoms with Crippen molar-refractivity contribution >= 4 is 0 Å². The van der Waals surface area contributed by atoms with Gasteiger partial charge in [-0.15, -0.1) is 0 Å². The molecule has 16 heavy (non-hydrogen) atoms. The zero-order valence-electron chi connectivity index (χ0n) is 11.7. The molecule has 0 aliphatic heterocycles. The summed E-state index contributed by atoms with van der Waals surface area (Å²) in [5.41, 5.74) is 0.0213. The average molecular weight is 226 g/mol. The van der Waals surface area contributed by atoms with E-state index in [9.17, 15) is 5.11 Å². The maximum absolute atomic E-state index is 10.5. The van der Waals surface area contributed by atoms with E-state index < -0.39 is 0 Å². The summed E-state index contributed by atoms with van der Waals surface area (Å²) >= 11 is 0. The predicted molar refractivity (Wildman–Crippen MR) is 70.5 cm³/mol. The molecule has 1 heteroatoms. The highest BCUT2D eigenvalue weighted by molar-refractivity contribution is 4.86. The van der Waals surface area contributed by atoms with Crippen LogP contribution in [0.3, 0.4) is 0 Å². The van der Waals surface area contributed by atoms with Gasteiger partial charge in [0.1, 0.15) is 0 Å². The van der Waals surface area contributed by atoms with Crippen LogP contribution >= 0.6 is 0 Å². The molecule has 0 aromatic rings. The van der Waals surface area contributed by atoms with Crippen molar-refractivity contribution in [2.75, 3.05) is 0 Å². The summed E-state index contributed by atoms with van der Waals surface area (Å²) in [5, 5.41) is 10.5. The van der Waals surface area contributed by atoms with Gasteiger partial charge in [0.15, 0.2) is 0 Å². The molecule has 0 atom stereocenters. The second kappa shape index (κ2) is 5.53. The van der Waals surface area contributed by atoms with Crippen LogP contribution in [0, 0.1) is 11.3 Å². The quantitative estimate of drug-likeness (QED) is 0.746. The first-order chi connectivity index (χ1) is 7.35. The smallest absolute Gasteiger partial charge is 0.0648 e. The van der Waals surface area contributed by atoms with Gasteiger partial charge >= 0.3 is 0 Å². The second-order valence-corrected chi connectivity index (χ2v) is 7.02. The average Bonchev–Trinajstić information content (AvgIpc) is 2.19. The van der Waals surface area contributed by atoms with Gasteiger partial charge in [-0.1, -0.05) is 40.5 Å². The lowest BCUT2D eigenvalue weighted by molar-refractivity contribution is -0.0251. The van der Waals surface area contributed by atoms with Crippen LogP contribution in [0.4, 0.5) is 0 Å². The minimum absolute atomic E-state index is 0.336. The van der Waals surface area contributed by atoms with E-state index in [2.05, 4.69) is 27.7 Å². The van der Waals surface area contributed by atoms with Gasteiger partial charge in [0.25, 0.3) is 0 Å². The first-order valence-corrected chi connectivity index (χ1v) is 7.07. The van der Waals surface area contributed by atoms with Crippen molar-refractivity contribution in [3.63, 3.8) is 0 Å². The Labute approximate surface area is 102 Å². The Kier molecular flexibility index (Phi) is 4.85. The fourth-order valence-electron chi connectivity index (χ4n) is 2.77. The van der Waals surface area contributed by atoms with Gasteiger partial charge in [-0.2, -0.15) is 0 Å². The van der Waals surface area contributed by atoms with E-state index in [-0.39, 0.29) is 5.60 Å². The van der Waals surface area contributed by atoms with Gasteiger partial charge in [0, 0.05) is 0 Å². The number of aliphatic hydroxyl groups is 1. The van der Waals surface area contributed by atoms with Gasteiger partial charge < -0.3 is 5.11 Å². The predicted octanol–water partition coefficient (Wildman–Crippen LogP) is 4.53. The van der Waals surface area contributed by atoms with Crippen molar-refractivity contribution in [3.05, 3.63) is 0 Å². The Morgan fingerprint density at radius 1 is 1.19 bits per heavy atom. The summed E-state index contributed by atoms with van der Waals surface area (Å²) < 4.78 is 0. The highest BCUT2D eigenvalue weighted by atomic mass is 16.3. The number of hydrogen-bond donors (Lipinski definition) is 1. The molecule has 0 amide bonds. The van der Waals surface area contributed by atoms with Crippen molar-refractivity contribution in [1.82, 2.24) is 0 Å². The Hall–Kier alpha value is -0.0400. The summed E-state index contributed by atoms with van der Waals surface area (Å²) in [6.45, 7) is 9.05. The molecule has 0 unspecified atom stereocenters. The van der Waals surface area contributed by atoms with Gasteiger partial charge in [-0.3, -0.25) is 0 Å². The van der Waals surface area contributed by atoms with Crippen LogP contribution in [-0.4, -0.2) is 10.7 Å². The third-order valence-corrected chi connectivity index (χ3v) is 4.07. The molecule has 1 N–H and O–H groups in total. The molecule has 0 aromatic heterocycles. The Bertz CT molecular complexity index is 194. The van der Waals surface area contributed by atoms with Crippen LogP contribution in [0.5, 0.6) is 0 Å². The van der Waals surface area contributed by atoms with Gasteiger partial charge in [0.2, 0.25) is 0 Å². The van der Waals surface area contributed by atoms with Gasteiger partial charge in [-0.25, -0.2) is 0 Å². The molecular formula is C15H30O. The van der Waals surface area contributed by atoms with Crippen LogP contribution in [0.15, 0.2) is 0 Å². The van der Waals surface area contributed by atoms with Crippen molar-refractivity contribution in [2.24, 2.45) is 11.3 Å². The summed E-state index contributed by atoms with van der Waals surface area (Å²) in [6.07, 6.45) is 9.35. The number of rotatable bonds is 4. The largest absolute Gasteiger partial charge is 0.390 e. The highest BCUT2D eigenvalue weighted by Crippen LogP contribution is 2.38. The summed E-state index contributed by atoms with van der Waals surface area (Å²) in [6, 6.07) is 0. The molecule has 0 radical (unpaired) electrons. The van der Waals surface area contributed by atoms with E-state index in [0.29, 0.717) is 5.41 Å². The standard InChI is InChI=1S/C15H30O/c1-5-6-13-7-9-15(16,10-8-13)12-11-14(2,3)4/h13,16H,5-12H2,1-4H3. The fourth-order valence-corrected chi connectivity index (χ4v) is 2.77. The molecule has 0 bridgehead atoms. The van der Waals surface area contributed by atoms with Gasteiger partial charge in [-0.05, 0) is 49.9 Å². The topological polar surface area (TPSA) is 20.2 Å². The molecule has 0 aromatic carbocycles. The molecule has 1 rings (SSSR count). The zero-order chi connectivity index (χ0) is 12.2. The molecule has 1 saturated carbocycles. The minimum Gasteiger partial charge on any atom is -0.390 e. The second-order valence-electron chi connectivity index (χ2n) is 7.02. The normalized spacial score (nSPS) is 31.7. The fraction of sp³-hybridized carbons (Fsp3) is 1.00. The first kappa shape index (κ1) is 14.0. The minimum atomic E-state index is -0.336. The van der Waals surface area contributed by atoms with Gasteiger partial charge in [0.05, 0.1) is 5.60 Å². The lowest BCUT2D eigenvalue weighted by Gasteiger charge is -2.37. The SMILES string of the molecule is CCCC1CCC(O)(CCC(C)(C)C)CC1. The molecule has 0 spiro atoms. The first-order valence-electron chi connectivity index (χ1n) is 7.07. The van der Waals surface area contributed by atoms with Crippen LogP contribution in [0.25, 0.3) is 0 Å². The summed E-state index contributed by atoms with van der Waals surface area (Å²) in [5.74, 6) is 0.889. The van der Waals surface area contributed by atoms with Crippen LogP contribution < -0.4 is 0 Å². The van der Waals surface area contributed by atoms with Crippen molar-refractivity contribution in [2.45, 2.75) is 84.7 Å². The Morgan fingerprint density at radius 2 is 1.75 bits per heavy atom. The van der Waals surface area contributed by atoms with E-state index in [1.807, 2.05) is 0 Å². The molecule has 1 fully saturated rings. The molecule has 1 nitrogen and oxygen atoms in total. The monoisotopic (exact) mass is 226 g/mol. The van der Waals surface area contributed by atoms with E-state index in [4.69, 9.17) is 0 Å². The molecule has 1 aliphatic rings. The van der Waals surface area contributed by atoms with E-state index >= 15 is 0 Å². The third-order valence-electron chi connectivity index (χ3n) is 4.07. The molecule has 0 heterocycles. The van der Waals surface area contributed by atoms with E-state index in [0.717, 1.165) is 31.6 Å². The maximum Gasteiger partial charge on any atom is 0.0648 e. The summed E-state index contributed by atoms with van der Waals surface area (Å²) in [4.78, 5) is 0. The third kappa shape index (κ3) is 4.86. The zero-order valence-corrected chi connectivity index (χ0v) is 11.7. The lowest BCUT2D eigenvalue weighted by Crippen LogP contribution is -2.35. The maximum atomic E-state index is 10.5. The van der Waals surface area contributed by atoms with Crippen LogP contribution in [0.1, 0.15) is 79.1 Å². The number of hydrogen-bond acceptors (Lipinski definition) is 1. The van der Waals surface area contributed by atoms with Crippen molar-refractivity contribution in [1.29, 1.82) is 0 Å².